The van der Waals surface area contributed by atoms with E-state index in [-0.39, 0.29) is 5.91 Å². The smallest absolute Gasteiger partial charge is 0.231 e. The molecular formula is C18H19N5OS. The Bertz CT molecular complexity index is 865. The average molecular weight is 353 g/mol. The molecule has 0 unspecified atom stereocenters. The molecule has 1 amide bonds. The Morgan fingerprint density at radius 3 is 2.72 bits per heavy atom. The van der Waals surface area contributed by atoms with Gasteiger partial charge >= 0.3 is 0 Å². The molecule has 0 bridgehead atoms. The van der Waals surface area contributed by atoms with Crippen molar-refractivity contribution in [2.45, 2.75) is 31.3 Å². The quantitative estimate of drug-likeness (QED) is 0.634. The topological polar surface area (TPSA) is 96.7 Å². The van der Waals surface area contributed by atoms with E-state index in [4.69, 9.17) is 5.73 Å². The van der Waals surface area contributed by atoms with Gasteiger partial charge in [0.25, 0.3) is 0 Å². The minimum Gasteiger partial charge on any atom is -0.348 e. The number of rotatable bonds is 6. The van der Waals surface area contributed by atoms with E-state index in [0.29, 0.717) is 24.7 Å². The van der Waals surface area contributed by atoms with Gasteiger partial charge in [0.2, 0.25) is 5.91 Å². The molecule has 0 saturated heterocycles. The third-order valence-electron chi connectivity index (χ3n) is 4.62. The number of aromatic nitrogens is 3. The normalized spacial score (nSPS) is 15.1. The molecule has 3 aromatic rings. The molecule has 128 valence electrons. The summed E-state index contributed by atoms with van der Waals surface area (Å²) >= 11 is 1.59. The fraction of sp³-hybridized carbons (Fsp3) is 0.278. The second kappa shape index (κ2) is 6.42. The van der Waals surface area contributed by atoms with Gasteiger partial charge in [-0.3, -0.25) is 9.89 Å². The Labute approximate surface area is 149 Å². The van der Waals surface area contributed by atoms with Crippen LogP contribution in [0.5, 0.6) is 0 Å². The number of aromatic amines is 1. The number of thiophene rings is 1. The van der Waals surface area contributed by atoms with E-state index in [9.17, 15) is 4.79 Å². The third kappa shape index (κ3) is 3.08. The molecule has 4 rings (SSSR count). The van der Waals surface area contributed by atoms with Crippen molar-refractivity contribution < 1.29 is 4.79 Å². The van der Waals surface area contributed by atoms with Gasteiger partial charge in [0, 0.05) is 6.54 Å². The zero-order chi connectivity index (χ0) is 17.3. The van der Waals surface area contributed by atoms with Crippen LogP contribution in [0, 0.1) is 0 Å². The number of benzene rings is 1. The number of nitrogens with two attached hydrogens (primary N) is 1. The largest absolute Gasteiger partial charge is 0.348 e. The number of nitrogens with zero attached hydrogens (tertiary/aromatic N) is 2. The summed E-state index contributed by atoms with van der Waals surface area (Å²) in [7, 11) is 0. The lowest BCUT2D eigenvalue weighted by Gasteiger charge is -2.15. The summed E-state index contributed by atoms with van der Waals surface area (Å²) in [5, 5.41) is 12.1. The molecule has 0 atom stereocenters. The molecule has 2 aromatic heterocycles. The molecule has 0 aliphatic heterocycles. The van der Waals surface area contributed by atoms with E-state index in [1.807, 2.05) is 41.8 Å². The van der Waals surface area contributed by atoms with Crippen molar-refractivity contribution in [2.24, 2.45) is 5.73 Å². The van der Waals surface area contributed by atoms with Crippen LogP contribution < -0.4 is 11.1 Å². The van der Waals surface area contributed by atoms with Crippen molar-refractivity contribution in [1.82, 2.24) is 20.5 Å². The maximum absolute atomic E-state index is 12.7. The van der Waals surface area contributed by atoms with Crippen LogP contribution in [0.3, 0.4) is 0 Å². The second-order valence-corrected chi connectivity index (χ2v) is 7.20. The molecular weight excluding hydrogens is 334 g/mol. The van der Waals surface area contributed by atoms with E-state index >= 15 is 0 Å². The van der Waals surface area contributed by atoms with Crippen molar-refractivity contribution in [1.29, 1.82) is 0 Å². The minimum atomic E-state index is -0.399. The molecule has 1 aromatic carbocycles. The van der Waals surface area contributed by atoms with Gasteiger partial charge in [0.05, 0.1) is 16.8 Å². The standard InChI is InChI=1S/C18H19N5OS/c19-10-12-3-5-13(6-4-12)18(7-8-18)17(24)20-11-15-21-16(23-22-15)14-2-1-9-25-14/h1-6,9H,7-8,10-11,19H2,(H,20,24)(H,21,22,23). The summed E-state index contributed by atoms with van der Waals surface area (Å²) in [5.41, 5.74) is 7.37. The lowest BCUT2D eigenvalue weighted by Crippen LogP contribution is -2.34. The van der Waals surface area contributed by atoms with E-state index < -0.39 is 5.41 Å². The van der Waals surface area contributed by atoms with Crippen LogP contribution in [0.4, 0.5) is 0 Å². The van der Waals surface area contributed by atoms with Gasteiger partial charge in [0.15, 0.2) is 5.82 Å². The fourth-order valence-electron chi connectivity index (χ4n) is 2.96. The number of amides is 1. The maximum atomic E-state index is 12.7. The summed E-state index contributed by atoms with van der Waals surface area (Å²) in [5.74, 6) is 1.37. The van der Waals surface area contributed by atoms with Crippen LogP contribution in [-0.4, -0.2) is 21.1 Å². The zero-order valence-electron chi connectivity index (χ0n) is 13.7. The van der Waals surface area contributed by atoms with Gasteiger partial charge in [-0.15, -0.1) is 11.3 Å². The molecule has 1 aliphatic carbocycles. The van der Waals surface area contributed by atoms with Gasteiger partial charge in [-0.2, -0.15) is 5.10 Å². The first kappa shape index (κ1) is 16.0. The van der Waals surface area contributed by atoms with Gasteiger partial charge in [-0.1, -0.05) is 30.3 Å². The van der Waals surface area contributed by atoms with Crippen molar-refractivity contribution >= 4 is 17.2 Å². The van der Waals surface area contributed by atoms with Crippen LogP contribution in [0.1, 0.15) is 29.8 Å². The Kier molecular flexibility index (Phi) is 4.10. The van der Waals surface area contributed by atoms with E-state index in [0.717, 1.165) is 28.8 Å². The van der Waals surface area contributed by atoms with Gasteiger partial charge in [-0.05, 0) is 35.4 Å². The Hall–Kier alpha value is -2.51. The molecule has 7 heteroatoms. The first-order valence-corrected chi connectivity index (χ1v) is 9.12. The molecule has 2 heterocycles. The van der Waals surface area contributed by atoms with Crippen molar-refractivity contribution in [3.63, 3.8) is 0 Å². The SMILES string of the molecule is NCc1ccc(C2(C(=O)NCc3nc(-c4cccs4)n[nH]3)CC2)cc1. The summed E-state index contributed by atoms with van der Waals surface area (Å²) in [4.78, 5) is 18.1. The van der Waals surface area contributed by atoms with E-state index in [2.05, 4.69) is 20.5 Å². The molecule has 1 saturated carbocycles. The summed E-state index contributed by atoms with van der Waals surface area (Å²) in [6.45, 7) is 0.859. The fourth-order valence-corrected chi connectivity index (χ4v) is 3.61. The van der Waals surface area contributed by atoms with Crippen LogP contribution in [0.2, 0.25) is 0 Å². The number of hydrogen-bond donors (Lipinski definition) is 3. The molecule has 1 aliphatic rings. The minimum absolute atomic E-state index is 0.0436. The molecule has 0 spiro atoms. The number of carbonyl (C=O) groups excluding carboxylic acids is 1. The number of H-pyrrole nitrogens is 1. The van der Waals surface area contributed by atoms with Crippen LogP contribution >= 0.6 is 11.3 Å². The van der Waals surface area contributed by atoms with E-state index in [1.54, 1.807) is 11.3 Å². The molecule has 6 nitrogen and oxygen atoms in total. The maximum Gasteiger partial charge on any atom is 0.231 e. The van der Waals surface area contributed by atoms with Gasteiger partial charge in [-0.25, -0.2) is 4.98 Å². The van der Waals surface area contributed by atoms with Gasteiger partial charge in [0.1, 0.15) is 5.82 Å². The second-order valence-electron chi connectivity index (χ2n) is 6.25. The highest BCUT2D eigenvalue weighted by Gasteiger charge is 2.51. The molecule has 4 N–H and O–H groups in total. The molecule has 0 radical (unpaired) electrons. The Morgan fingerprint density at radius 2 is 2.08 bits per heavy atom. The van der Waals surface area contributed by atoms with E-state index in [1.165, 1.54) is 0 Å². The Balaban J connectivity index is 1.42. The van der Waals surface area contributed by atoms with Crippen molar-refractivity contribution in [3.8, 4) is 10.7 Å². The van der Waals surface area contributed by atoms with Crippen molar-refractivity contribution in [3.05, 3.63) is 58.7 Å². The number of carbonyl (C=O) groups is 1. The van der Waals surface area contributed by atoms with Crippen LogP contribution in [-0.2, 0) is 23.3 Å². The highest BCUT2D eigenvalue weighted by molar-refractivity contribution is 7.13. The highest BCUT2D eigenvalue weighted by Crippen LogP contribution is 2.48. The third-order valence-corrected chi connectivity index (χ3v) is 5.48. The summed E-state index contributed by atoms with van der Waals surface area (Å²) in [6.07, 6.45) is 1.75. The molecule has 25 heavy (non-hydrogen) atoms. The summed E-state index contributed by atoms with van der Waals surface area (Å²) < 4.78 is 0. The number of hydrogen-bond acceptors (Lipinski definition) is 5. The predicted molar refractivity (Wildman–Crippen MR) is 96.8 cm³/mol. The van der Waals surface area contributed by atoms with Crippen LogP contribution in [0.15, 0.2) is 41.8 Å². The first-order valence-electron chi connectivity index (χ1n) is 8.24. The van der Waals surface area contributed by atoms with Crippen molar-refractivity contribution in [2.75, 3.05) is 0 Å². The average Bonchev–Trinajstić information content (AvgIpc) is 3.07. The lowest BCUT2D eigenvalue weighted by atomic mass is 9.94. The van der Waals surface area contributed by atoms with Crippen LogP contribution in [0.25, 0.3) is 10.7 Å². The lowest BCUT2D eigenvalue weighted by molar-refractivity contribution is -0.123. The van der Waals surface area contributed by atoms with Gasteiger partial charge < -0.3 is 11.1 Å². The zero-order valence-corrected chi connectivity index (χ0v) is 14.5. The number of nitrogens with one attached hydrogen (secondary N) is 2. The Morgan fingerprint density at radius 1 is 1.28 bits per heavy atom. The molecule has 1 fully saturated rings. The first-order chi connectivity index (χ1) is 12.2. The highest BCUT2D eigenvalue weighted by atomic mass is 32.1. The monoisotopic (exact) mass is 353 g/mol. The predicted octanol–water partition coefficient (Wildman–Crippen LogP) is 2.34. The summed E-state index contributed by atoms with van der Waals surface area (Å²) in [6, 6.07) is 11.9.